The monoisotopic (exact) mass is 210 g/mol. The van der Waals surface area contributed by atoms with Crippen LogP contribution in [0.4, 0.5) is 4.79 Å². The zero-order valence-electron chi connectivity index (χ0n) is 8.98. The third-order valence-corrected chi connectivity index (χ3v) is 1.43. The van der Waals surface area contributed by atoms with Crippen molar-refractivity contribution < 1.29 is 19.4 Å². The van der Waals surface area contributed by atoms with Gasteiger partial charge in [-0.1, -0.05) is 0 Å². The van der Waals surface area contributed by atoms with Crippen LogP contribution in [0.15, 0.2) is 24.3 Å². The summed E-state index contributed by atoms with van der Waals surface area (Å²) < 4.78 is 9.82. The van der Waals surface area contributed by atoms with Gasteiger partial charge in [-0.15, -0.1) is 0 Å². The summed E-state index contributed by atoms with van der Waals surface area (Å²) in [5.74, 6) is 0.452. The zero-order chi connectivity index (χ0) is 11.5. The number of rotatable bonds is 1. The fourth-order valence-corrected chi connectivity index (χ4v) is 0.881. The van der Waals surface area contributed by atoms with E-state index in [1.54, 1.807) is 20.8 Å². The molecule has 1 aromatic carbocycles. The summed E-state index contributed by atoms with van der Waals surface area (Å²) in [6.45, 7) is 5.27. The summed E-state index contributed by atoms with van der Waals surface area (Å²) in [6, 6.07) is 5.83. The van der Waals surface area contributed by atoms with Gasteiger partial charge < -0.3 is 14.6 Å². The fraction of sp³-hybridized carbons (Fsp3) is 0.364. The maximum Gasteiger partial charge on any atom is 0.514 e. The van der Waals surface area contributed by atoms with Crippen LogP contribution in [0.3, 0.4) is 0 Å². The number of hydrogen-bond donors (Lipinski definition) is 1. The molecule has 1 aromatic rings. The average molecular weight is 210 g/mol. The molecule has 0 unspecified atom stereocenters. The molecule has 0 saturated heterocycles. The second kappa shape index (κ2) is 4.21. The lowest BCUT2D eigenvalue weighted by Gasteiger charge is -2.18. The summed E-state index contributed by atoms with van der Waals surface area (Å²) in [5.41, 5.74) is -0.575. The van der Waals surface area contributed by atoms with Crippen molar-refractivity contribution in [2.45, 2.75) is 26.4 Å². The lowest BCUT2D eigenvalue weighted by Crippen LogP contribution is -2.25. The Bertz CT molecular complexity index is 335. The van der Waals surface area contributed by atoms with Crippen LogP contribution in [0.1, 0.15) is 20.8 Å². The molecule has 0 aromatic heterocycles. The molecule has 0 fully saturated rings. The Morgan fingerprint density at radius 3 is 2.20 bits per heavy atom. The Labute approximate surface area is 88.4 Å². The molecule has 0 amide bonds. The first-order chi connectivity index (χ1) is 6.87. The van der Waals surface area contributed by atoms with Gasteiger partial charge in [0.1, 0.15) is 17.1 Å². The van der Waals surface area contributed by atoms with Gasteiger partial charge in [-0.05, 0) is 45.0 Å². The highest BCUT2D eigenvalue weighted by Crippen LogP contribution is 2.17. The van der Waals surface area contributed by atoms with Crippen molar-refractivity contribution in [3.05, 3.63) is 24.3 Å². The normalized spacial score (nSPS) is 10.9. The van der Waals surface area contributed by atoms with E-state index in [9.17, 15) is 4.79 Å². The highest BCUT2D eigenvalue weighted by molar-refractivity contribution is 5.64. The minimum atomic E-state index is -0.756. The minimum absolute atomic E-state index is 0.117. The Morgan fingerprint density at radius 1 is 1.20 bits per heavy atom. The van der Waals surface area contributed by atoms with Gasteiger partial charge in [0.15, 0.2) is 0 Å². The van der Waals surface area contributed by atoms with Crippen LogP contribution >= 0.6 is 0 Å². The van der Waals surface area contributed by atoms with Gasteiger partial charge in [-0.2, -0.15) is 0 Å². The third-order valence-electron chi connectivity index (χ3n) is 1.43. The van der Waals surface area contributed by atoms with E-state index in [-0.39, 0.29) is 5.75 Å². The van der Waals surface area contributed by atoms with Gasteiger partial charge in [-0.25, -0.2) is 4.79 Å². The molecular weight excluding hydrogens is 196 g/mol. The van der Waals surface area contributed by atoms with Crippen molar-refractivity contribution in [2.24, 2.45) is 0 Å². The molecule has 15 heavy (non-hydrogen) atoms. The van der Waals surface area contributed by atoms with Gasteiger partial charge >= 0.3 is 6.16 Å². The van der Waals surface area contributed by atoms with Crippen molar-refractivity contribution in [2.75, 3.05) is 0 Å². The third kappa shape index (κ3) is 4.35. The van der Waals surface area contributed by atoms with Gasteiger partial charge in [0, 0.05) is 0 Å². The number of hydrogen-bond acceptors (Lipinski definition) is 4. The summed E-state index contributed by atoms with van der Waals surface area (Å²) in [5, 5.41) is 9.01. The van der Waals surface area contributed by atoms with Crippen LogP contribution < -0.4 is 4.74 Å². The molecule has 0 aliphatic carbocycles. The number of benzene rings is 1. The molecule has 0 radical (unpaired) electrons. The number of carbonyl (C=O) groups is 1. The predicted molar refractivity (Wildman–Crippen MR) is 55.0 cm³/mol. The van der Waals surface area contributed by atoms with E-state index in [1.807, 2.05) is 0 Å². The Kier molecular flexibility index (Phi) is 3.19. The quantitative estimate of drug-likeness (QED) is 0.572. The summed E-state index contributed by atoms with van der Waals surface area (Å²) >= 11 is 0. The first-order valence-electron chi connectivity index (χ1n) is 4.57. The van der Waals surface area contributed by atoms with E-state index >= 15 is 0 Å². The lowest BCUT2D eigenvalue weighted by atomic mass is 10.2. The predicted octanol–water partition coefficient (Wildman–Crippen LogP) is 2.71. The number of aromatic hydroxyl groups is 1. The van der Waals surface area contributed by atoms with Crippen molar-refractivity contribution >= 4 is 6.16 Å². The molecular formula is C11H14O4. The molecule has 0 spiro atoms. The number of carbonyl (C=O) groups excluding carboxylic acids is 1. The van der Waals surface area contributed by atoms with E-state index in [0.717, 1.165) is 0 Å². The fourth-order valence-electron chi connectivity index (χ4n) is 0.881. The van der Waals surface area contributed by atoms with Gasteiger partial charge in [-0.3, -0.25) is 0 Å². The van der Waals surface area contributed by atoms with Crippen LogP contribution in [0.2, 0.25) is 0 Å². The molecule has 82 valence electrons. The standard InChI is InChI=1S/C11H14O4/c1-11(2,3)15-10(13)14-9-6-4-8(12)5-7-9/h4-7,12H,1-3H3. The van der Waals surface area contributed by atoms with E-state index in [0.29, 0.717) is 5.75 Å². The molecule has 0 heterocycles. The number of phenolic OH excluding ortho intramolecular Hbond substituents is 1. The molecule has 1 N–H and O–H groups in total. The zero-order valence-corrected chi connectivity index (χ0v) is 8.98. The van der Waals surface area contributed by atoms with Gasteiger partial charge in [0.25, 0.3) is 0 Å². The van der Waals surface area contributed by atoms with Crippen molar-refractivity contribution in [1.82, 2.24) is 0 Å². The first-order valence-corrected chi connectivity index (χ1v) is 4.57. The smallest absolute Gasteiger partial charge is 0.508 e. The Morgan fingerprint density at radius 2 is 1.73 bits per heavy atom. The van der Waals surface area contributed by atoms with Crippen LogP contribution in [0.25, 0.3) is 0 Å². The van der Waals surface area contributed by atoms with E-state index in [2.05, 4.69) is 0 Å². The Hall–Kier alpha value is -1.71. The Balaban J connectivity index is 2.55. The number of phenols is 1. The maximum absolute atomic E-state index is 11.2. The SMILES string of the molecule is CC(C)(C)OC(=O)Oc1ccc(O)cc1. The molecule has 0 aliphatic rings. The van der Waals surface area contributed by atoms with Crippen LogP contribution in [-0.4, -0.2) is 16.9 Å². The second-order valence-corrected chi connectivity index (χ2v) is 4.06. The molecule has 1 rings (SSSR count). The van der Waals surface area contributed by atoms with E-state index in [1.165, 1.54) is 24.3 Å². The molecule has 0 aliphatic heterocycles. The topological polar surface area (TPSA) is 55.8 Å². The average Bonchev–Trinajstić information content (AvgIpc) is 2.05. The minimum Gasteiger partial charge on any atom is -0.508 e. The second-order valence-electron chi connectivity index (χ2n) is 4.06. The van der Waals surface area contributed by atoms with E-state index < -0.39 is 11.8 Å². The van der Waals surface area contributed by atoms with Crippen LogP contribution in [0.5, 0.6) is 11.5 Å². The largest absolute Gasteiger partial charge is 0.514 e. The maximum atomic E-state index is 11.2. The van der Waals surface area contributed by atoms with Gasteiger partial charge in [0.2, 0.25) is 0 Å². The van der Waals surface area contributed by atoms with Crippen molar-refractivity contribution in [3.63, 3.8) is 0 Å². The molecule has 0 saturated carbocycles. The summed E-state index contributed by atoms with van der Waals surface area (Å²) in [7, 11) is 0. The number of ether oxygens (including phenoxy) is 2. The lowest BCUT2D eigenvalue weighted by molar-refractivity contribution is 0.0206. The highest BCUT2D eigenvalue weighted by Gasteiger charge is 2.17. The van der Waals surface area contributed by atoms with Crippen molar-refractivity contribution in [3.8, 4) is 11.5 Å². The van der Waals surface area contributed by atoms with E-state index in [4.69, 9.17) is 14.6 Å². The van der Waals surface area contributed by atoms with Crippen molar-refractivity contribution in [1.29, 1.82) is 0 Å². The molecule has 0 bridgehead atoms. The first kappa shape index (κ1) is 11.4. The summed E-state index contributed by atoms with van der Waals surface area (Å²) in [4.78, 5) is 11.2. The van der Waals surface area contributed by atoms with Crippen LogP contribution in [0, 0.1) is 0 Å². The molecule has 4 heteroatoms. The van der Waals surface area contributed by atoms with Gasteiger partial charge in [0.05, 0.1) is 0 Å². The molecule has 4 nitrogen and oxygen atoms in total. The summed E-state index contributed by atoms with van der Waals surface area (Å²) in [6.07, 6.45) is -0.756. The highest BCUT2D eigenvalue weighted by atomic mass is 16.7. The van der Waals surface area contributed by atoms with Crippen LogP contribution in [-0.2, 0) is 4.74 Å². The molecule has 0 atom stereocenters.